The fraction of sp³-hybridized carbons (Fsp3) is 0.625. The molecular weight excluding hydrogens is 376 g/mol. The third kappa shape index (κ3) is 4.98. The summed E-state index contributed by atoms with van der Waals surface area (Å²) in [4.78, 5) is 10.3. The van der Waals surface area contributed by atoms with Crippen LogP contribution in [0.3, 0.4) is 0 Å². The largest absolute Gasteiger partial charge is 0.376 e. The van der Waals surface area contributed by atoms with Crippen LogP contribution in [0.4, 0.5) is 0 Å². The molecule has 2 fully saturated rings. The predicted octanol–water partition coefficient (Wildman–Crippen LogP) is 3.51. The lowest BCUT2D eigenvalue weighted by molar-refractivity contribution is -0.0367. The van der Waals surface area contributed by atoms with Crippen LogP contribution in [0, 0.1) is 0 Å². The van der Waals surface area contributed by atoms with Crippen LogP contribution in [-0.2, 0) is 22.3 Å². The molecule has 1 unspecified atom stereocenters. The molecule has 2 aliphatic rings. The number of fused-ring (bicyclic) bond motifs is 1. The molecule has 2 aliphatic heterocycles. The van der Waals surface area contributed by atoms with Crippen molar-refractivity contribution in [2.24, 2.45) is 4.99 Å². The Morgan fingerprint density at radius 3 is 2.87 bits per heavy atom. The van der Waals surface area contributed by atoms with E-state index in [9.17, 15) is 0 Å². The van der Waals surface area contributed by atoms with Gasteiger partial charge in [0.2, 0.25) is 0 Å². The van der Waals surface area contributed by atoms with Crippen molar-refractivity contribution in [1.29, 1.82) is 0 Å². The van der Waals surface area contributed by atoms with E-state index in [0.29, 0.717) is 12.2 Å². The van der Waals surface area contributed by atoms with Crippen LogP contribution in [0.25, 0.3) is 10.9 Å². The van der Waals surface area contributed by atoms with Gasteiger partial charge in [0, 0.05) is 50.4 Å². The monoisotopic (exact) mass is 412 g/mol. The van der Waals surface area contributed by atoms with E-state index in [2.05, 4.69) is 51.5 Å². The first-order chi connectivity index (χ1) is 14.8. The highest BCUT2D eigenvalue weighted by atomic mass is 16.5. The second kappa shape index (κ2) is 10.3. The van der Waals surface area contributed by atoms with E-state index in [1.807, 2.05) is 7.05 Å². The summed E-state index contributed by atoms with van der Waals surface area (Å²) in [5, 5.41) is 4.91. The van der Waals surface area contributed by atoms with Crippen LogP contribution < -0.4 is 5.32 Å². The smallest absolute Gasteiger partial charge is 0.193 e. The van der Waals surface area contributed by atoms with E-state index < -0.39 is 0 Å². The Morgan fingerprint density at radius 2 is 2.13 bits per heavy atom. The number of hydrogen-bond donors (Lipinski definition) is 2. The fourth-order valence-electron chi connectivity index (χ4n) is 4.67. The molecule has 1 aromatic heterocycles. The van der Waals surface area contributed by atoms with E-state index in [1.54, 1.807) is 0 Å². The number of nitrogens with zero attached hydrogens (tertiary/aromatic N) is 2. The highest BCUT2D eigenvalue weighted by Crippen LogP contribution is 2.22. The van der Waals surface area contributed by atoms with Crippen molar-refractivity contribution in [2.45, 2.75) is 57.7 Å². The molecular formula is C24H36N4O2. The molecule has 30 heavy (non-hydrogen) atoms. The maximum atomic E-state index is 6.10. The standard InChI is InChI=1S/C24H36N4O2/c1-3-18-6-4-8-22-19(16-27-23(18)22)9-12-26-24(25-2)28-13-10-20(11-14-28)30-17-21-7-5-15-29-21/h4,6,8,16,20-21,27H,3,5,7,9-15,17H2,1-2H3,(H,25,26). The van der Waals surface area contributed by atoms with Gasteiger partial charge in [-0.05, 0) is 49.7 Å². The summed E-state index contributed by atoms with van der Waals surface area (Å²) in [5.74, 6) is 1.00. The van der Waals surface area contributed by atoms with Crippen LogP contribution in [0.15, 0.2) is 29.4 Å². The lowest BCUT2D eigenvalue weighted by atomic mass is 10.1. The number of benzene rings is 1. The van der Waals surface area contributed by atoms with Crippen LogP contribution in [0.5, 0.6) is 0 Å². The first-order valence-electron chi connectivity index (χ1n) is 11.5. The zero-order valence-electron chi connectivity index (χ0n) is 18.5. The summed E-state index contributed by atoms with van der Waals surface area (Å²) in [6.45, 7) is 6.71. The average molecular weight is 413 g/mol. The fourth-order valence-corrected chi connectivity index (χ4v) is 4.67. The van der Waals surface area contributed by atoms with Gasteiger partial charge >= 0.3 is 0 Å². The van der Waals surface area contributed by atoms with Gasteiger partial charge in [-0.15, -0.1) is 0 Å². The molecule has 0 aliphatic carbocycles. The van der Waals surface area contributed by atoms with Crippen molar-refractivity contribution >= 4 is 16.9 Å². The number of ether oxygens (including phenoxy) is 2. The van der Waals surface area contributed by atoms with Gasteiger partial charge in [0.25, 0.3) is 0 Å². The molecule has 0 radical (unpaired) electrons. The van der Waals surface area contributed by atoms with Crippen LogP contribution in [0.2, 0.25) is 0 Å². The van der Waals surface area contributed by atoms with Crippen molar-refractivity contribution in [3.05, 3.63) is 35.5 Å². The Bertz CT molecular complexity index is 833. The second-order valence-electron chi connectivity index (χ2n) is 8.39. The summed E-state index contributed by atoms with van der Waals surface area (Å²) in [5.41, 5.74) is 4.03. The quantitative estimate of drug-likeness (QED) is 0.540. The van der Waals surface area contributed by atoms with E-state index in [0.717, 1.165) is 70.9 Å². The Labute approximate surface area is 180 Å². The second-order valence-corrected chi connectivity index (χ2v) is 8.39. The molecule has 6 heteroatoms. The van der Waals surface area contributed by atoms with Crippen molar-refractivity contribution in [1.82, 2.24) is 15.2 Å². The third-order valence-electron chi connectivity index (χ3n) is 6.44. The first-order valence-corrected chi connectivity index (χ1v) is 11.5. The molecule has 164 valence electrons. The number of nitrogens with one attached hydrogen (secondary N) is 2. The van der Waals surface area contributed by atoms with Gasteiger partial charge in [0.15, 0.2) is 5.96 Å². The van der Waals surface area contributed by atoms with Crippen LogP contribution in [-0.4, -0.2) is 67.9 Å². The molecule has 1 atom stereocenters. The Kier molecular flexibility index (Phi) is 7.28. The van der Waals surface area contributed by atoms with Crippen molar-refractivity contribution < 1.29 is 9.47 Å². The van der Waals surface area contributed by atoms with Crippen molar-refractivity contribution in [3.63, 3.8) is 0 Å². The predicted molar refractivity (Wildman–Crippen MR) is 122 cm³/mol. The molecule has 0 amide bonds. The van der Waals surface area contributed by atoms with Gasteiger partial charge in [-0.3, -0.25) is 4.99 Å². The normalized spacial score (nSPS) is 20.9. The Balaban J connectivity index is 1.23. The van der Waals surface area contributed by atoms with E-state index in [-0.39, 0.29) is 0 Å². The molecule has 2 aromatic rings. The molecule has 6 nitrogen and oxygen atoms in total. The minimum absolute atomic E-state index is 0.315. The minimum Gasteiger partial charge on any atom is -0.376 e. The van der Waals surface area contributed by atoms with Crippen LogP contribution in [0.1, 0.15) is 43.7 Å². The highest BCUT2D eigenvalue weighted by molar-refractivity contribution is 5.86. The number of aryl methyl sites for hydroxylation is 1. The Morgan fingerprint density at radius 1 is 1.27 bits per heavy atom. The van der Waals surface area contributed by atoms with E-state index >= 15 is 0 Å². The number of hydrogen-bond acceptors (Lipinski definition) is 3. The zero-order chi connectivity index (χ0) is 20.8. The zero-order valence-corrected chi connectivity index (χ0v) is 18.5. The van der Waals surface area contributed by atoms with Gasteiger partial charge in [-0.2, -0.15) is 0 Å². The number of aliphatic imine (C=N–C) groups is 1. The summed E-state index contributed by atoms with van der Waals surface area (Å²) >= 11 is 0. The maximum absolute atomic E-state index is 6.10. The summed E-state index contributed by atoms with van der Waals surface area (Å²) in [6.07, 6.45) is 9.27. The first kappa shape index (κ1) is 21.2. The van der Waals surface area contributed by atoms with Gasteiger partial charge in [-0.25, -0.2) is 0 Å². The highest BCUT2D eigenvalue weighted by Gasteiger charge is 2.24. The van der Waals surface area contributed by atoms with Gasteiger partial charge < -0.3 is 24.7 Å². The topological polar surface area (TPSA) is 61.9 Å². The molecule has 2 N–H and O–H groups in total. The van der Waals surface area contributed by atoms with Crippen molar-refractivity contribution in [3.8, 4) is 0 Å². The molecule has 4 rings (SSSR count). The molecule has 2 saturated heterocycles. The molecule has 1 aromatic carbocycles. The number of para-hydroxylation sites is 1. The lowest BCUT2D eigenvalue weighted by Crippen LogP contribution is -2.47. The third-order valence-corrected chi connectivity index (χ3v) is 6.44. The SMILES string of the molecule is CCc1cccc2c(CCNC(=NC)N3CCC(OCC4CCCO4)CC3)c[nH]c12. The number of H-pyrrole nitrogens is 1. The number of rotatable bonds is 7. The lowest BCUT2D eigenvalue weighted by Gasteiger charge is -2.34. The number of aromatic amines is 1. The summed E-state index contributed by atoms with van der Waals surface area (Å²) < 4.78 is 11.8. The summed E-state index contributed by atoms with van der Waals surface area (Å²) in [7, 11) is 1.88. The number of likely N-dealkylation sites (tertiary alicyclic amines) is 1. The van der Waals surface area contributed by atoms with E-state index in [4.69, 9.17) is 9.47 Å². The average Bonchev–Trinajstić information content (AvgIpc) is 3.46. The number of guanidine groups is 1. The Hall–Kier alpha value is -2.05. The van der Waals surface area contributed by atoms with E-state index in [1.165, 1.54) is 28.5 Å². The van der Waals surface area contributed by atoms with Gasteiger partial charge in [-0.1, -0.05) is 25.1 Å². The number of aromatic nitrogens is 1. The van der Waals surface area contributed by atoms with Crippen LogP contribution >= 0.6 is 0 Å². The molecule has 3 heterocycles. The maximum Gasteiger partial charge on any atom is 0.193 e. The summed E-state index contributed by atoms with van der Waals surface area (Å²) in [6, 6.07) is 6.59. The number of piperidine rings is 1. The molecule has 0 saturated carbocycles. The molecule has 0 spiro atoms. The van der Waals surface area contributed by atoms with Gasteiger partial charge in [0.1, 0.15) is 0 Å². The van der Waals surface area contributed by atoms with Gasteiger partial charge in [0.05, 0.1) is 18.8 Å². The molecule has 0 bridgehead atoms. The minimum atomic E-state index is 0.315. The van der Waals surface area contributed by atoms with Crippen molar-refractivity contribution in [2.75, 3.05) is 39.9 Å².